The standard InChI is InChI=1S/C11H12Cl2N2O/c1-15-9(7-14)4-5-16-11-6-8(12)2-3-10(11)13/h2-3,6,9,15H,4-5H2,1H3. The van der Waals surface area contributed by atoms with Crippen LogP contribution >= 0.6 is 23.2 Å². The van der Waals surface area contributed by atoms with Gasteiger partial charge in [-0.3, -0.25) is 0 Å². The van der Waals surface area contributed by atoms with Crippen LogP contribution in [0, 0.1) is 11.3 Å². The van der Waals surface area contributed by atoms with Gasteiger partial charge in [0.05, 0.1) is 23.7 Å². The molecule has 0 fully saturated rings. The molecule has 0 aliphatic heterocycles. The van der Waals surface area contributed by atoms with Gasteiger partial charge in [-0.1, -0.05) is 23.2 Å². The average Bonchev–Trinajstić information content (AvgIpc) is 2.29. The minimum absolute atomic E-state index is 0.210. The highest BCUT2D eigenvalue weighted by atomic mass is 35.5. The van der Waals surface area contributed by atoms with Crippen LogP contribution in [0.3, 0.4) is 0 Å². The van der Waals surface area contributed by atoms with Gasteiger partial charge in [-0.05, 0) is 19.2 Å². The van der Waals surface area contributed by atoms with Crippen molar-refractivity contribution in [3.63, 3.8) is 0 Å². The normalized spacial score (nSPS) is 11.9. The van der Waals surface area contributed by atoms with E-state index in [1.165, 1.54) is 0 Å². The van der Waals surface area contributed by atoms with E-state index in [-0.39, 0.29) is 6.04 Å². The largest absolute Gasteiger partial charge is 0.492 e. The number of nitrogens with one attached hydrogen (secondary N) is 1. The maximum atomic E-state index is 8.71. The van der Waals surface area contributed by atoms with Crippen LogP contribution in [0.2, 0.25) is 10.0 Å². The molecule has 3 nitrogen and oxygen atoms in total. The predicted molar refractivity (Wildman–Crippen MR) is 65.0 cm³/mol. The molecule has 86 valence electrons. The maximum absolute atomic E-state index is 8.71. The van der Waals surface area contributed by atoms with Gasteiger partial charge >= 0.3 is 0 Å². The van der Waals surface area contributed by atoms with Crippen molar-refractivity contribution in [1.82, 2.24) is 5.32 Å². The molecule has 1 aromatic carbocycles. The summed E-state index contributed by atoms with van der Waals surface area (Å²) in [6.07, 6.45) is 0.593. The third kappa shape index (κ3) is 3.90. The lowest BCUT2D eigenvalue weighted by Gasteiger charge is -2.10. The van der Waals surface area contributed by atoms with Gasteiger partial charge < -0.3 is 10.1 Å². The van der Waals surface area contributed by atoms with Gasteiger partial charge in [-0.2, -0.15) is 5.26 Å². The minimum Gasteiger partial charge on any atom is -0.492 e. The molecule has 1 atom stereocenters. The second-order valence-electron chi connectivity index (χ2n) is 3.18. The first-order valence-electron chi connectivity index (χ1n) is 4.82. The van der Waals surface area contributed by atoms with Crippen molar-refractivity contribution in [3.8, 4) is 11.8 Å². The SMILES string of the molecule is CNC(C#N)CCOc1cc(Cl)ccc1Cl. The molecule has 0 aliphatic rings. The second kappa shape index (κ2) is 6.59. The zero-order valence-electron chi connectivity index (χ0n) is 8.84. The highest BCUT2D eigenvalue weighted by molar-refractivity contribution is 6.34. The number of nitrogens with zero attached hydrogens (tertiary/aromatic N) is 1. The Bertz CT molecular complexity index is 390. The van der Waals surface area contributed by atoms with Crippen molar-refractivity contribution in [2.24, 2.45) is 0 Å². The number of benzene rings is 1. The van der Waals surface area contributed by atoms with Crippen LogP contribution in [0.15, 0.2) is 18.2 Å². The molecule has 0 radical (unpaired) electrons. The summed E-state index contributed by atoms with van der Waals surface area (Å²) < 4.78 is 5.44. The first-order valence-corrected chi connectivity index (χ1v) is 5.57. The third-order valence-electron chi connectivity index (χ3n) is 2.06. The summed E-state index contributed by atoms with van der Waals surface area (Å²) in [4.78, 5) is 0. The molecule has 0 aromatic heterocycles. The fraction of sp³-hybridized carbons (Fsp3) is 0.364. The lowest BCUT2D eigenvalue weighted by molar-refractivity contribution is 0.300. The van der Waals surface area contributed by atoms with E-state index in [2.05, 4.69) is 11.4 Å². The van der Waals surface area contributed by atoms with E-state index in [1.807, 2.05) is 0 Å². The summed E-state index contributed by atoms with van der Waals surface area (Å²) in [5, 5.41) is 12.7. The Kier molecular flexibility index (Phi) is 5.41. The van der Waals surface area contributed by atoms with Crippen LogP contribution in [-0.4, -0.2) is 19.7 Å². The molecule has 0 saturated carbocycles. The van der Waals surface area contributed by atoms with E-state index >= 15 is 0 Å². The molecule has 1 unspecified atom stereocenters. The van der Waals surface area contributed by atoms with Gasteiger partial charge in [-0.15, -0.1) is 0 Å². The molecule has 0 aliphatic carbocycles. The number of ether oxygens (including phenoxy) is 1. The lowest BCUT2D eigenvalue weighted by atomic mass is 10.2. The fourth-order valence-corrected chi connectivity index (χ4v) is 1.48. The van der Waals surface area contributed by atoms with Gasteiger partial charge in [0.25, 0.3) is 0 Å². The van der Waals surface area contributed by atoms with Crippen LogP contribution in [0.4, 0.5) is 0 Å². The quantitative estimate of drug-likeness (QED) is 0.884. The fourth-order valence-electron chi connectivity index (χ4n) is 1.15. The topological polar surface area (TPSA) is 45.0 Å². The minimum atomic E-state index is -0.210. The van der Waals surface area contributed by atoms with Crippen LogP contribution < -0.4 is 10.1 Å². The molecule has 16 heavy (non-hydrogen) atoms. The molecule has 1 aromatic rings. The Balaban J connectivity index is 2.49. The van der Waals surface area contributed by atoms with Crippen LogP contribution in [-0.2, 0) is 0 Å². The summed E-state index contributed by atoms with van der Waals surface area (Å²) in [6, 6.07) is 6.94. The summed E-state index contributed by atoms with van der Waals surface area (Å²) in [7, 11) is 1.74. The Morgan fingerprint density at radius 2 is 2.25 bits per heavy atom. The number of rotatable bonds is 5. The predicted octanol–water partition coefficient (Wildman–Crippen LogP) is 2.87. The number of hydrogen-bond donors (Lipinski definition) is 1. The zero-order chi connectivity index (χ0) is 12.0. The van der Waals surface area contributed by atoms with E-state index in [0.717, 1.165) is 0 Å². The van der Waals surface area contributed by atoms with Crippen molar-refractivity contribution in [2.75, 3.05) is 13.7 Å². The van der Waals surface area contributed by atoms with Crippen LogP contribution in [0.25, 0.3) is 0 Å². The van der Waals surface area contributed by atoms with E-state index in [0.29, 0.717) is 28.8 Å². The van der Waals surface area contributed by atoms with Gasteiger partial charge in [0.2, 0.25) is 0 Å². The van der Waals surface area contributed by atoms with Crippen molar-refractivity contribution in [2.45, 2.75) is 12.5 Å². The molecule has 5 heteroatoms. The summed E-state index contributed by atoms with van der Waals surface area (Å²) in [6.45, 7) is 0.416. The van der Waals surface area contributed by atoms with Gasteiger partial charge in [0, 0.05) is 17.5 Å². The molecule has 1 N–H and O–H groups in total. The average molecular weight is 259 g/mol. The Morgan fingerprint density at radius 3 is 2.88 bits per heavy atom. The number of halogens is 2. The molecule has 0 amide bonds. The van der Waals surface area contributed by atoms with E-state index in [1.54, 1.807) is 25.2 Å². The Labute approximate surface area is 105 Å². The summed E-state index contributed by atoms with van der Waals surface area (Å²) in [5.74, 6) is 0.543. The Hall–Kier alpha value is -0.950. The van der Waals surface area contributed by atoms with Crippen LogP contribution in [0.1, 0.15) is 6.42 Å². The maximum Gasteiger partial charge on any atom is 0.139 e. The Morgan fingerprint density at radius 1 is 1.50 bits per heavy atom. The van der Waals surface area contributed by atoms with Crippen molar-refractivity contribution in [1.29, 1.82) is 5.26 Å². The molecule has 1 rings (SSSR count). The molecule has 0 bridgehead atoms. The highest BCUT2D eigenvalue weighted by Crippen LogP contribution is 2.27. The molecule has 0 saturated heterocycles. The van der Waals surface area contributed by atoms with Crippen molar-refractivity contribution >= 4 is 23.2 Å². The first-order chi connectivity index (χ1) is 7.67. The molecular formula is C11H12Cl2N2O. The second-order valence-corrected chi connectivity index (χ2v) is 4.03. The molecular weight excluding hydrogens is 247 g/mol. The highest BCUT2D eigenvalue weighted by Gasteiger charge is 2.06. The smallest absolute Gasteiger partial charge is 0.139 e. The molecule has 0 spiro atoms. The third-order valence-corrected chi connectivity index (χ3v) is 2.61. The summed E-state index contributed by atoms with van der Waals surface area (Å²) in [5.41, 5.74) is 0. The zero-order valence-corrected chi connectivity index (χ0v) is 10.3. The van der Waals surface area contributed by atoms with Gasteiger partial charge in [-0.25, -0.2) is 0 Å². The van der Waals surface area contributed by atoms with E-state index in [9.17, 15) is 0 Å². The number of nitriles is 1. The van der Waals surface area contributed by atoms with Crippen molar-refractivity contribution < 1.29 is 4.74 Å². The van der Waals surface area contributed by atoms with Gasteiger partial charge in [0.1, 0.15) is 5.75 Å². The van der Waals surface area contributed by atoms with E-state index < -0.39 is 0 Å². The first kappa shape index (κ1) is 13.1. The number of hydrogen-bond acceptors (Lipinski definition) is 3. The monoisotopic (exact) mass is 258 g/mol. The lowest BCUT2D eigenvalue weighted by Crippen LogP contribution is -2.25. The van der Waals surface area contributed by atoms with Crippen molar-refractivity contribution in [3.05, 3.63) is 28.2 Å². The molecule has 0 heterocycles. The van der Waals surface area contributed by atoms with Gasteiger partial charge in [0.15, 0.2) is 0 Å². The summed E-state index contributed by atoms with van der Waals surface area (Å²) >= 11 is 11.7. The van der Waals surface area contributed by atoms with E-state index in [4.69, 9.17) is 33.2 Å². The van der Waals surface area contributed by atoms with Crippen LogP contribution in [0.5, 0.6) is 5.75 Å².